The van der Waals surface area contributed by atoms with Gasteiger partial charge in [0.25, 0.3) is 0 Å². The van der Waals surface area contributed by atoms with Crippen LogP contribution in [0.25, 0.3) is 22.2 Å². The highest BCUT2D eigenvalue weighted by molar-refractivity contribution is 5.93. The fraction of sp³-hybridized carbons (Fsp3) is 0.333. The maximum absolute atomic E-state index is 12.3. The van der Waals surface area contributed by atoms with Crippen molar-refractivity contribution in [3.05, 3.63) is 37.1 Å². The zero-order valence-corrected chi connectivity index (χ0v) is 14.6. The van der Waals surface area contributed by atoms with E-state index in [0.29, 0.717) is 18.1 Å². The van der Waals surface area contributed by atoms with Crippen LogP contribution in [0.15, 0.2) is 41.5 Å². The Hall–Kier alpha value is -2.84. The number of aromatic nitrogens is 3. The number of hydrogen-bond acceptors (Lipinski definition) is 7. The van der Waals surface area contributed by atoms with Gasteiger partial charge in [0.05, 0.1) is 24.5 Å². The Balaban J connectivity index is 1.47. The summed E-state index contributed by atoms with van der Waals surface area (Å²) in [7, 11) is 2.09. The number of likely N-dealkylation sites (N-methyl/N-ethyl adjacent to an activating group) is 1. The van der Waals surface area contributed by atoms with Gasteiger partial charge < -0.3 is 14.6 Å². The maximum atomic E-state index is 12.3. The molecule has 0 saturated carbocycles. The number of carbonyl (C=O) groups excluding carboxylic acids is 1. The van der Waals surface area contributed by atoms with Crippen LogP contribution < -0.4 is 5.32 Å². The second-order valence-corrected chi connectivity index (χ2v) is 6.48. The van der Waals surface area contributed by atoms with Gasteiger partial charge >= 0.3 is 0 Å². The Kier molecular flexibility index (Phi) is 4.59. The molecule has 0 bridgehead atoms. The molecule has 1 fully saturated rings. The molecule has 1 amide bonds. The maximum Gasteiger partial charge on any atom is 0.239 e. The molecule has 4 rings (SSSR count). The van der Waals surface area contributed by atoms with E-state index in [1.807, 2.05) is 12.1 Å². The SMILES string of the molecule is CN1CCN(CC(=O)Nc2cc3cc(-c4cnco4)cnc3cn2)CC1. The molecule has 8 heteroatoms. The van der Waals surface area contributed by atoms with Crippen LogP contribution in [0.5, 0.6) is 0 Å². The first-order valence-electron chi connectivity index (χ1n) is 8.53. The number of carbonyl (C=O) groups is 1. The third kappa shape index (κ3) is 3.71. The lowest BCUT2D eigenvalue weighted by Gasteiger charge is -2.31. The monoisotopic (exact) mass is 352 g/mol. The van der Waals surface area contributed by atoms with Crippen molar-refractivity contribution in [2.24, 2.45) is 0 Å². The molecule has 1 N–H and O–H groups in total. The van der Waals surface area contributed by atoms with Crippen LogP contribution in [0.2, 0.25) is 0 Å². The third-order valence-electron chi connectivity index (χ3n) is 4.52. The van der Waals surface area contributed by atoms with Gasteiger partial charge in [0.15, 0.2) is 12.2 Å². The predicted octanol–water partition coefficient (Wildman–Crippen LogP) is 1.47. The number of anilines is 1. The van der Waals surface area contributed by atoms with Crippen LogP contribution >= 0.6 is 0 Å². The molecule has 1 saturated heterocycles. The smallest absolute Gasteiger partial charge is 0.239 e. The minimum atomic E-state index is -0.0549. The van der Waals surface area contributed by atoms with Crippen molar-refractivity contribution in [2.75, 3.05) is 45.1 Å². The van der Waals surface area contributed by atoms with E-state index < -0.39 is 0 Å². The molecule has 3 aromatic heterocycles. The second-order valence-electron chi connectivity index (χ2n) is 6.48. The van der Waals surface area contributed by atoms with Gasteiger partial charge in [-0.3, -0.25) is 14.7 Å². The van der Waals surface area contributed by atoms with Crippen molar-refractivity contribution >= 4 is 22.6 Å². The van der Waals surface area contributed by atoms with Gasteiger partial charge in [0.2, 0.25) is 5.91 Å². The first-order chi connectivity index (χ1) is 12.7. The van der Waals surface area contributed by atoms with E-state index in [4.69, 9.17) is 4.42 Å². The summed E-state index contributed by atoms with van der Waals surface area (Å²) >= 11 is 0. The van der Waals surface area contributed by atoms with E-state index in [1.54, 1.807) is 18.6 Å². The molecule has 4 heterocycles. The number of nitrogens with zero attached hydrogens (tertiary/aromatic N) is 5. The summed E-state index contributed by atoms with van der Waals surface area (Å²) in [6.07, 6.45) is 6.40. The molecule has 0 aliphatic carbocycles. The Morgan fingerprint density at radius 1 is 1.15 bits per heavy atom. The number of fused-ring (bicyclic) bond motifs is 1. The molecule has 0 radical (unpaired) electrons. The van der Waals surface area contributed by atoms with Crippen LogP contribution in [0.4, 0.5) is 5.82 Å². The number of pyridine rings is 2. The average Bonchev–Trinajstić information content (AvgIpc) is 3.18. The van der Waals surface area contributed by atoms with Crippen molar-refractivity contribution in [1.29, 1.82) is 0 Å². The minimum Gasteiger partial charge on any atom is -0.443 e. The number of hydrogen-bond donors (Lipinski definition) is 1. The molecule has 1 aliphatic rings. The minimum absolute atomic E-state index is 0.0549. The summed E-state index contributed by atoms with van der Waals surface area (Å²) in [5.74, 6) is 1.12. The number of rotatable bonds is 4. The predicted molar refractivity (Wildman–Crippen MR) is 97.6 cm³/mol. The van der Waals surface area contributed by atoms with Gasteiger partial charge in [0, 0.05) is 43.3 Å². The standard InChI is InChI=1S/C18H20N6O2/c1-23-2-4-24(5-3-23)11-18(25)22-17-7-13-6-14(16-10-19-12-26-16)8-20-15(13)9-21-17/h6-10,12H,2-5,11H2,1H3,(H,21,22,25). The van der Waals surface area contributed by atoms with E-state index in [0.717, 1.165) is 42.6 Å². The van der Waals surface area contributed by atoms with Crippen LogP contribution in [-0.4, -0.2) is 70.4 Å². The fourth-order valence-corrected chi connectivity index (χ4v) is 2.98. The van der Waals surface area contributed by atoms with Crippen molar-refractivity contribution in [3.63, 3.8) is 0 Å². The Labute approximate surface area is 150 Å². The van der Waals surface area contributed by atoms with E-state index >= 15 is 0 Å². The largest absolute Gasteiger partial charge is 0.443 e. The zero-order chi connectivity index (χ0) is 17.9. The highest BCUT2D eigenvalue weighted by Crippen LogP contribution is 2.23. The highest BCUT2D eigenvalue weighted by atomic mass is 16.3. The first-order valence-corrected chi connectivity index (χ1v) is 8.53. The van der Waals surface area contributed by atoms with Gasteiger partial charge in [-0.2, -0.15) is 0 Å². The summed E-state index contributed by atoms with van der Waals surface area (Å²) in [4.78, 5) is 29.3. The van der Waals surface area contributed by atoms with Gasteiger partial charge in [-0.1, -0.05) is 0 Å². The summed E-state index contributed by atoms with van der Waals surface area (Å²) in [6.45, 7) is 4.15. The van der Waals surface area contributed by atoms with Crippen molar-refractivity contribution < 1.29 is 9.21 Å². The Bertz CT molecular complexity index is 903. The second kappa shape index (κ2) is 7.19. The van der Waals surface area contributed by atoms with E-state index in [9.17, 15) is 4.79 Å². The fourth-order valence-electron chi connectivity index (χ4n) is 2.98. The molecule has 134 valence electrons. The lowest BCUT2D eigenvalue weighted by Crippen LogP contribution is -2.47. The number of piperazine rings is 1. The quantitative estimate of drug-likeness (QED) is 0.761. The van der Waals surface area contributed by atoms with Crippen molar-refractivity contribution in [2.45, 2.75) is 0 Å². The molecule has 0 atom stereocenters. The third-order valence-corrected chi connectivity index (χ3v) is 4.52. The van der Waals surface area contributed by atoms with Gasteiger partial charge in [-0.15, -0.1) is 0 Å². The van der Waals surface area contributed by atoms with Gasteiger partial charge in [-0.25, -0.2) is 9.97 Å². The van der Waals surface area contributed by atoms with Crippen LogP contribution in [0.3, 0.4) is 0 Å². The number of nitrogens with one attached hydrogen (secondary N) is 1. The van der Waals surface area contributed by atoms with Crippen LogP contribution in [0.1, 0.15) is 0 Å². The molecular formula is C18H20N6O2. The lowest BCUT2D eigenvalue weighted by molar-refractivity contribution is -0.117. The van der Waals surface area contributed by atoms with Crippen LogP contribution in [0, 0.1) is 0 Å². The van der Waals surface area contributed by atoms with Crippen molar-refractivity contribution in [1.82, 2.24) is 24.8 Å². The molecule has 0 spiro atoms. The molecule has 0 aromatic carbocycles. The van der Waals surface area contributed by atoms with Crippen LogP contribution in [-0.2, 0) is 4.79 Å². The van der Waals surface area contributed by atoms with E-state index in [-0.39, 0.29) is 5.91 Å². The summed E-state index contributed by atoms with van der Waals surface area (Å²) < 4.78 is 5.31. The lowest BCUT2D eigenvalue weighted by atomic mass is 10.1. The number of amides is 1. The Morgan fingerprint density at radius 2 is 2.00 bits per heavy atom. The zero-order valence-electron chi connectivity index (χ0n) is 14.6. The average molecular weight is 352 g/mol. The first kappa shape index (κ1) is 16.6. The van der Waals surface area contributed by atoms with Crippen molar-refractivity contribution in [3.8, 4) is 11.3 Å². The molecule has 1 aliphatic heterocycles. The number of oxazole rings is 1. The molecule has 26 heavy (non-hydrogen) atoms. The Morgan fingerprint density at radius 3 is 2.77 bits per heavy atom. The molecule has 0 unspecified atom stereocenters. The summed E-state index contributed by atoms with van der Waals surface area (Å²) in [6, 6.07) is 3.77. The normalized spacial score (nSPS) is 16.0. The molecule has 3 aromatic rings. The summed E-state index contributed by atoms with van der Waals surface area (Å²) in [5, 5.41) is 3.76. The van der Waals surface area contributed by atoms with E-state index in [2.05, 4.69) is 37.1 Å². The highest BCUT2D eigenvalue weighted by Gasteiger charge is 2.17. The summed E-state index contributed by atoms with van der Waals surface area (Å²) in [5.41, 5.74) is 1.58. The van der Waals surface area contributed by atoms with E-state index in [1.165, 1.54) is 6.39 Å². The molecule has 8 nitrogen and oxygen atoms in total. The topological polar surface area (TPSA) is 87.4 Å². The van der Waals surface area contributed by atoms with Gasteiger partial charge in [-0.05, 0) is 19.2 Å². The van der Waals surface area contributed by atoms with Gasteiger partial charge in [0.1, 0.15) is 5.82 Å². The molecular weight excluding hydrogens is 332 g/mol.